The zero-order chi connectivity index (χ0) is 12.1. The molecule has 2 atom stereocenters. The molecule has 17 heavy (non-hydrogen) atoms. The highest BCUT2D eigenvalue weighted by molar-refractivity contribution is 7.99. The van der Waals surface area contributed by atoms with Crippen LogP contribution >= 0.6 is 23.1 Å². The van der Waals surface area contributed by atoms with E-state index in [1.165, 1.54) is 41.3 Å². The second-order valence-corrected chi connectivity index (χ2v) is 7.04. The second kappa shape index (κ2) is 6.76. The van der Waals surface area contributed by atoms with Gasteiger partial charge in [-0.05, 0) is 38.5 Å². The molecule has 0 radical (unpaired) electrons. The van der Waals surface area contributed by atoms with Gasteiger partial charge in [-0.25, -0.2) is 4.98 Å². The lowest BCUT2D eigenvalue weighted by Gasteiger charge is -2.18. The van der Waals surface area contributed by atoms with Crippen LogP contribution < -0.4 is 5.32 Å². The third kappa shape index (κ3) is 3.70. The molecule has 2 heterocycles. The minimum absolute atomic E-state index is 0.454. The van der Waals surface area contributed by atoms with Crippen molar-refractivity contribution in [3.63, 3.8) is 0 Å². The first-order valence-corrected chi connectivity index (χ1v) is 8.48. The fourth-order valence-corrected chi connectivity index (χ4v) is 4.55. The van der Waals surface area contributed by atoms with Crippen molar-refractivity contribution >= 4 is 23.1 Å². The van der Waals surface area contributed by atoms with Crippen LogP contribution in [0.2, 0.25) is 0 Å². The van der Waals surface area contributed by atoms with E-state index in [2.05, 4.69) is 42.1 Å². The van der Waals surface area contributed by atoms with Crippen LogP contribution in [-0.2, 0) is 0 Å². The molecule has 0 aromatic carbocycles. The van der Waals surface area contributed by atoms with Crippen LogP contribution in [0.4, 0.5) is 0 Å². The molecule has 0 aliphatic carbocycles. The fourth-order valence-electron chi connectivity index (χ4n) is 2.05. The van der Waals surface area contributed by atoms with Crippen LogP contribution in [0.1, 0.15) is 60.7 Å². The minimum Gasteiger partial charge on any atom is -0.309 e. The number of thioether (sulfide) groups is 1. The SMILES string of the molecule is CCCNC(C)c1cnc(C2CCCCS2)s1. The molecule has 2 unspecified atom stereocenters. The maximum Gasteiger partial charge on any atom is 0.106 e. The second-order valence-electron chi connectivity index (χ2n) is 4.63. The van der Waals surface area contributed by atoms with Gasteiger partial charge in [-0.15, -0.1) is 11.3 Å². The molecule has 1 aliphatic heterocycles. The zero-order valence-electron chi connectivity index (χ0n) is 10.7. The Kier molecular flexibility index (Phi) is 5.32. The van der Waals surface area contributed by atoms with Gasteiger partial charge in [0.2, 0.25) is 0 Å². The van der Waals surface area contributed by atoms with Crippen molar-refractivity contribution in [2.75, 3.05) is 12.3 Å². The van der Waals surface area contributed by atoms with E-state index in [1.807, 2.05) is 11.3 Å². The molecule has 1 fully saturated rings. The number of nitrogens with one attached hydrogen (secondary N) is 1. The van der Waals surface area contributed by atoms with E-state index in [-0.39, 0.29) is 0 Å². The molecule has 96 valence electrons. The first-order valence-electron chi connectivity index (χ1n) is 6.62. The molecular formula is C13H22N2S2. The summed E-state index contributed by atoms with van der Waals surface area (Å²) in [6.07, 6.45) is 7.33. The average Bonchev–Trinajstić information content (AvgIpc) is 2.86. The van der Waals surface area contributed by atoms with Crippen molar-refractivity contribution in [2.24, 2.45) is 0 Å². The van der Waals surface area contributed by atoms with Crippen molar-refractivity contribution < 1.29 is 0 Å². The summed E-state index contributed by atoms with van der Waals surface area (Å²) in [4.78, 5) is 6.02. The highest BCUT2D eigenvalue weighted by Crippen LogP contribution is 2.40. The molecule has 2 rings (SSSR count). The smallest absolute Gasteiger partial charge is 0.106 e. The number of hydrogen-bond acceptors (Lipinski definition) is 4. The van der Waals surface area contributed by atoms with Crippen molar-refractivity contribution in [1.82, 2.24) is 10.3 Å². The highest BCUT2D eigenvalue weighted by Gasteiger charge is 2.20. The Bertz CT molecular complexity index is 332. The maximum atomic E-state index is 4.63. The molecule has 1 N–H and O–H groups in total. The molecule has 2 nitrogen and oxygen atoms in total. The van der Waals surface area contributed by atoms with E-state index in [1.54, 1.807) is 0 Å². The van der Waals surface area contributed by atoms with Gasteiger partial charge in [0.1, 0.15) is 5.01 Å². The maximum absolute atomic E-state index is 4.63. The molecular weight excluding hydrogens is 248 g/mol. The van der Waals surface area contributed by atoms with Crippen LogP contribution in [0.15, 0.2) is 6.20 Å². The van der Waals surface area contributed by atoms with E-state index in [4.69, 9.17) is 0 Å². The quantitative estimate of drug-likeness (QED) is 0.869. The third-order valence-electron chi connectivity index (χ3n) is 3.12. The highest BCUT2D eigenvalue weighted by atomic mass is 32.2. The van der Waals surface area contributed by atoms with Gasteiger partial charge in [-0.2, -0.15) is 11.8 Å². The average molecular weight is 270 g/mol. The summed E-state index contributed by atoms with van der Waals surface area (Å²) in [6.45, 7) is 5.53. The summed E-state index contributed by atoms with van der Waals surface area (Å²) in [5.74, 6) is 1.31. The van der Waals surface area contributed by atoms with Crippen LogP contribution in [0, 0.1) is 0 Å². The zero-order valence-corrected chi connectivity index (χ0v) is 12.4. The Hall–Kier alpha value is -0.0600. The van der Waals surface area contributed by atoms with Crippen molar-refractivity contribution in [3.8, 4) is 0 Å². The molecule has 0 spiro atoms. The number of hydrogen-bond donors (Lipinski definition) is 1. The Balaban J connectivity index is 1.94. The number of thiazole rings is 1. The van der Waals surface area contributed by atoms with Gasteiger partial charge in [0, 0.05) is 17.1 Å². The standard InChI is InChI=1S/C13H22N2S2/c1-3-7-14-10(2)12-9-15-13(17-12)11-6-4-5-8-16-11/h9-11,14H,3-8H2,1-2H3. The molecule has 1 aromatic rings. The van der Waals surface area contributed by atoms with Crippen molar-refractivity contribution in [1.29, 1.82) is 0 Å². The van der Waals surface area contributed by atoms with E-state index in [0.717, 1.165) is 6.54 Å². The Morgan fingerprint density at radius 3 is 3.12 bits per heavy atom. The monoisotopic (exact) mass is 270 g/mol. The predicted molar refractivity (Wildman–Crippen MR) is 77.9 cm³/mol. The molecule has 1 saturated heterocycles. The van der Waals surface area contributed by atoms with Crippen LogP contribution in [-0.4, -0.2) is 17.3 Å². The van der Waals surface area contributed by atoms with Gasteiger partial charge < -0.3 is 5.32 Å². The lowest BCUT2D eigenvalue weighted by molar-refractivity contribution is 0.577. The van der Waals surface area contributed by atoms with Gasteiger partial charge >= 0.3 is 0 Å². The van der Waals surface area contributed by atoms with Crippen molar-refractivity contribution in [2.45, 2.75) is 50.8 Å². The number of aromatic nitrogens is 1. The summed E-state index contributed by atoms with van der Waals surface area (Å²) < 4.78 is 0. The lowest BCUT2D eigenvalue weighted by atomic mass is 10.2. The predicted octanol–water partition coefficient (Wildman–Crippen LogP) is 4.16. The van der Waals surface area contributed by atoms with Gasteiger partial charge in [0.05, 0.1) is 5.25 Å². The molecule has 1 aromatic heterocycles. The molecule has 0 amide bonds. The molecule has 0 bridgehead atoms. The number of nitrogens with zero attached hydrogens (tertiary/aromatic N) is 1. The first-order chi connectivity index (χ1) is 8.31. The Morgan fingerprint density at radius 1 is 1.53 bits per heavy atom. The fraction of sp³-hybridized carbons (Fsp3) is 0.769. The van der Waals surface area contributed by atoms with Gasteiger partial charge in [-0.1, -0.05) is 13.3 Å². The van der Waals surface area contributed by atoms with Gasteiger partial charge in [0.15, 0.2) is 0 Å². The summed E-state index contributed by atoms with van der Waals surface area (Å²) in [5, 5.41) is 5.54. The van der Waals surface area contributed by atoms with Crippen molar-refractivity contribution in [3.05, 3.63) is 16.1 Å². The topological polar surface area (TPSA) is 24.9 Å². The van der Waals surface area contributed by atoms with Crippen LogP contribution in [0.5, 0.6) is 0 Å². The molecule has 1 aliphatic rings. The van der Waals surface area contributed by atoms with E-state index in [9.17, 15) is 0 Å². The summed E-state index contributed by atoms with van der Waals surface area (Å²) in [5.41, 5.74) is 0. The van der Waals surface area contributed by atoms with E-state index < -0.39 is 0 Å². The summed E-state index contributed by atoms with van der Waals surface area (Å²) in [7, 11) is 0. The Labute approximate surface area is 113 Å². The number of rotatable bonds is 5. The minimum atomic E-state index is 0.454. The van der Waals surface area contributed by atoms with Crippen LogP contribution in [0.25, 0.3) is 0 Å². The van der Waals surface area contributed by atoms with E-state index in [0.29, 0.717) is 11.3 Å². The normalized spacial score (nSPS) is 22.6. The summed E-state index contributed by atoms with van der Waals surface area (Å²) in [6, 6.07) is 0.454. The lowest BCUT2D eigenvalue weighted by Crippen LogP contribution is -2.18. The first kappa shape index (κ1) is 13.4. The largest absolute Gasteiger partial charge is 0.309 e. The molecule has 4 heteroatoms. The Morgan fingerprint density at radius 2 is 2.41 bits per heavy atom. The van der Waals surface area contributed by atoms with Crippen LogP contribution in [0.3, 0.4) is 0 Å². The van der Waals surface area contributed by atoms with Gasteiger partial charge in [-0.3, -0.25) is 0 Å². The van der Waals surface area contributed by atoms with Gasteiger partial charge in [0.25, 0.3) is 0 Å². The molecule has 0 saturated carbocycles. The van der Waals surface area contributed by atoms with E-state index >= 15 is 0 Å². The third-order valence-corrected chi connectivity index (χ3v) is 5.95. The summed E-state index contributed by atoms with van der Waals surface area (Å²) >= 11 is 3.99.